The van der Waals surface area contributed by atoms with E-state index in [0.717, 1.165) is 5.56 Å². The van der Waals surface area contributed by atoms with Gasteiger partial charge in [-0.05, 0) is 24.0 Å². The normalized spacial score (nSPS) is 21.8. The highest BCUT2D eigenvalue weighted by Crippen LogP contribution is 2.33. The maximum Gasteiger partial charge on any atom is 0.313 e. The number of nitrogens with two attached hydrogens (primary N) is 1. The molecule has 1 aliphatic heterocycles. The minimum absolute atomic E-state index is 0.127. The van der Waals surface area contributed by atoms with Crippen molar-refractivity contribution in [3.05, 3.63) is 59.9 Å². The van der Waals surface area contributed by atoms with Gasteiger partial charge in [0, 0.05) is 12.7 Å². The van der Waals surface area contributed by atoms with Crippen molar-refractivity contribution in [3.8, 4) is 0 Å². The number of nitrogens with zero attached hydrogens (tertiary/aromatic N) is 2. The van der Waals surface area contributed by atoms with Crippen LogP contribution in [0.5, 0.6) is 0 Å². The van der Waals surface area contributed by atoms with E-state index in [2.05, 4.69) is 10.3 Å². The average Bonchev–Trinajstić information content (AvgIpc) is 2.70. The molecule has 1 aromatic carbocycles. The van der Waals surface area contributed by atoms with Gasteiger partial charge in [0.15, 0.2) is 0 Å². The molecular weight excluding hydrogens is 360 g/mol. The largest absolute Gasteiger partial charge is 0.393 e. The third kappa shape index (κ3) is 4.17. The SMILES string of the molecule is C[C@@H]1CN(C(=O)C(=O)Nc2cncc(C(N)=O)c2)[C@@H](c2ccccc2)C[C@@H]1O. The first-order valence-corrected chi connectivity index (χ1v) is 8.96. The molecular formula is C20H22N4O4. The molecule has 0 aliphatic carbocycles. The molecule has 2 heterocycles. The molecule has 1 aliphatic rings. The number of pyridine rings is 1. The van der Waals surface area contributed by atoms with Crippen LogP contribution in [0, 0.1) is 5.92 Å². The van der Waals surface area contributed by atoms with Gasteiger partial charge in [-0.2, -0.15) is 0 Å². The van der Waals surface area contributed by atoms with E-state index in [1.807, 2.05) is 37.3 Å². The summed E-state index contributed by atoms with van der Waals surface area (Å²) in [5.41, 5.74) is 6.40. The second kappa shape index (κ2) is 8.18. The van der Waals surface area contributed by atoms with Gasteiger partial charge < -0.3 is 21.1 Å². The van der Waals surface area contributed by atoms with Crippen molar-refractivity contribution >= 4 is 23.4 Å². The van der Waals surface area contributed by atoms with Crippen LogP contribution in [-0.4, -0.2) is 45.4 Å². The lowest BCUT2D eigenvalue weighted by Crippen LogP contribution is -2.50. The van der Waals surface area contributed by atoms with Crippen LogP contribution in [0.4, 0.5) is 5.69 Å². The number of benzene rings is 1. The van der Waals surface area contributed by atoms with Crippen molar-refractivity contribution in [2.24, 2.45) is 11.7 Å². The minimum Gasteiger partial charge on any atom is -0.393 e. The number of amides is 3. The smallest absolute Gasteiger partial charge is 0.313 e. The van der Waals surface area contributed by atoms with Gasteiger partial charge in [-0.1, -0.05) is 37.3 Å². The monoisotopic (exact) mass is 382 g/mol. The quantitative estimate of drug-likeness (QED) is 0.685. The second-order valence-corrected chi connectivity index (χ2v) is 6.94. The Morgan fingerprint density at radius 3 is 2.61 bits per heavy atom. The summed E-state index contributed by atoms with van der Waals surface area (Å²) in [7, 11) is 0. The van der Waals surface area contributed by atoms with E-state index in [-0.39, 0.29) is 23.7 Å². The lowest BCUT2D eigenvalue weighted by atomic mass is 9.87. The van der Waals surface area contributed by atoms with Crippen molar-refractivity contribution < 1.29 is 19.5 Å². The molecule has 8 heteroatoms. The highest BCUT2D eigenvalue weighted by atomic mass is 16.3. The van der Waals surface area contributed by atoms with Crippen LogP contribution in [-0.2, 0) is 9.59 Å². The number of piperidine rings is 1. The number of hydrogen-bond donors (Lipinski definition) is 3. The van der Waals surface area contributed by atoms with Gasteiger partial charge in [0.25, 0.3) is 0 Å². The van der Waals surface area contributed by atoms with Gasteiger partial charge in [-0.25, -0.2) is 0 Å². The molecule has 1 fully saturated rings. The Labute approximate surface area is 162 Å². The van der Waals surface area contributed by atoms with E-state index >= 15 is 0 Å². The Balaban J connectivity index is 1.80. The Morgan fingerprint density at radius 1 is 1.21 bits per heavy atom. The number of aliphatic hydroxyl groups is 1. The van der Waals surface area contributed by atoms with Crippen molar-refractivity contribution in [2.45, 2.75) is 25.5 Å². The number of anilines is 1. The van der Waals surface area contributed by atoms with Gasteiger partial charge >= 0.3 is 11.8 Å². The predicted molar refractivity (Wildman–Crippen MR) is 102 cm³/mol. The molecule has 0 bridgehead atoms. The maximum absolute atomic E-state index is 12.9. The fourth-order valence-electron chi connectivity index (χ4n) is 3.32. The van der Waals surface area contributed by atoms with Crippen LogP contribution >= 0.6 is 0 Å². The number of primary amides is 1. The van der Waals surface area contributed by atoms with Crippen LogP contribution in [0.1, 0.15) is 35.3 Å². The van der Waals surface area contributed by atoms with Crippen LogP contribution in [0.3, 0.4) is 0 Å². The molecule has 3 amide bonds. The fourth-order valence-corrected chi connectivity index (χ4v) is 3.32. The van der Waals surface area contributed by atoms with E-state index in [1.165, 1.54) is 23.4 Å². The number of rotatable bonds is 3. The second-order valence-electron chi connectivity index (χ2n) is 6.94. The maximum atomic E-state index is 12.9. The average molecular weight is 382 g/mol. The summed E-state index contributed by atoms with van der Waals surface area (Å²) >= 11 is 0. The Hall–Kier alpha value is -3.26. The number of carbonyl (C=O) groups excluding carboxylic acids is 3. The zero-order valence-corrected chi connectivity index (χ0v) is 15.4. The molecule has 146 valence electrons. The Bertz CT molecular complexity index is 887. The highest BCUT2D eigenvalue weighted by molar-refractivity contribution is 6.39. The first kappa shape index (κ1) is 19.5. The minimum atomic E-state index is -0.840. The standard InChI is InChI=1S/C20H22N4O4/c1-12-11-24(16(8-17(12)25)13-5-3-2-4-6-13)20(28)19(27)23-15-7-14(18(21)26)9-22-10-15/h2-7,9-10,12,16-17,25H,8,11H2,1H3,(H2,21,26)(H,23,27)/t12-,16-,17+/m1/s1. The predicted octanol–water partition coefficient (Wildman–Crippen LogP) is 1.09. The molecule has 0 saturated carbocycles. The summed E-state index contributed by atoms with van der Waals surface area (Å²) in [4.78, 5) is 42.0. The van der Waals surface area contributed by atoms with E-state index in [1.54, 1.807) is 0 Å². The van der Waals surface area contributed by atoms with Crippen LogP contribution in [0.15, 0.2) is 48.8 Å². The molecule has 0 radical (unpaired) electrons. The topological polar surface area (TPSA) is 126 Å². The lowest BCUT2D eigenvalue weighted by Gasteiger charge is -2.41. The summed E-state index contributed by atoms with van der Waals surface area (Å²) in [5, 5.41) is 12.7. The molecule has 2 aromatic rings. The van der Waals surface area contributed by atoms with Crippen molar-refractivity contribution in [1.29, 1.82) is 0 Å². The van der Waals surface area contributed by atoms with Gasteiger partial charge in [-0.3, -0.25) is 19.4 Å². The number of hydrogen-bond acceptors (Lipinski definition) is 5. The molecule has 3 atom stereocenters. The molecule has 4 N–H and O–H groups in total. The number of aromatic nitrogens is 1. The van der Waals surface area contributed by atoms with Crippen LogP contribution in [0.25, 0.3) is 0 Å². The van der Waals surface area contributed by atoms with Crippen LogP contribution < -0.4 is 11.1 Å². The summed E-state index contributed by atoms with van der Waals surface area (Å²) < 4.78 is 0. The van der Waals surface area contributed by atoms with E-state index in [9.17, 15) is 19.5 Å². The van der Waals surface area contributed by atoms with E-state index in [0.29, 0.717) is 6.42 Å². The van der Waals surface area contributed by atoms with Crippen molar-refractivity contribution in [2.75, 3.05) is 11.9 Å². The van der Waals surface area contributed by atoms with Gasteiger partial charge in [0.1, 0.15) is 0 Å². The molecule has 0 spiro atoms. The molecule has 3 rings (SSSR count). The molecule has 0 unspecified atom stereocenters. The lowest BCUT2D eigenvalue weighted by molar-refractivity contribution is -0.148. The first-order valence-electron chi connectivity index (χ1n) is 8.96. The summed E-state index contributed by atoms with van der Waals surface area (Å²) in [6.45, 7) is 2.09. The molecule has 28 heavy (non-hydrogen) atoms. The van der Waals surface area contributed by atoms with Crippen molar-refractivity contribution in [3.63, 3.8) is 0 Å². The Kier molecular flexibility index (Phi) is 5.70. The third-order valence-corrected chi connectivity index (χ3v) is 4.90. The third-order valence-electron chi connectivity index (χ3n) is 4.90. The number of aliphatic hydroxyl groups excluding tert-OH is 1. The van der Waals surface area contributed by atoms with Gasteiger partial charge in [-0.15, -0.1) is 0 Å². The first-order chi connectivity index (χ1) is 13.4. The van der Waals surface area contributed by atoms with E-state index in [4.69, 9.17) is 5.73 Å². The van der Waals surface area contributed by atoms with Gasteiger partial charge in [0.05, 0.1) is 29.6 Å². The van der Waals surface area contributed by atoms with Crippen LogP contribution in [0.2, 0.25) is 0 Å². The van der Waals surface area contributed by atoms with Gasteiger partial charge in [0.2, 0.25) is 5.91 Å². The number of likely N-dealkylation sites (tertiary alicyclic amines) is 1. The molecule has 1 saturated heterocycles. The van der Waals surface area contributed by atoms with E-state index < -0.39 is 29.9 Å². The number of nitrogens with one attached hydrogen (secondary N) is 1. The fraction of sp³-hybridized carbons (Fsp3) is 0.300. The summed E-state index contributed by atoms with van der Waals surface area (Å²) in [5.74, 6) is -2.39. The summed E-state index contributed by atoms with van der Waals surface area (Å²) in [6.07, 6.45) is 2.39. The summed E-state index contributed by atoms with van der Waals surface area (Å²) in [6, 6.07) is 10.3. The number of carbonyl (C=O) groups is 3. The Morgan fingerprint density at radius 2 is 1.93 bits per heavy atom. The zero-order chi connectivity index (χ0) is 20.3. The molecule has 1 aromatic heterocycles. The molecule has 8 nitrogen and oxygen atoms in total. The zero-order valence-electron chi connectivity index (χ0n) is 15.4. The van der Waals surface area contributed by atoms with Crippen molar-refractivity contribution in [1.82, 2.24) is 9.88 Å². The highest BCUT2D eigenvalue weighted by Gasteiger charge is 2.38.